The van der Waals surface area contributed by atoms with Crippen LogP contribution in [0.4, 0.5) is 5.82 Å². The summed E-state index contributed by atoms with van der Waals surface area (Å²) in [6, 6.07) is 3.50. The summed E-state index contributed by atoms with van der Waals surface area (Å²) >= 11 is 5.54. The first-order valence-corrected chi connectivity index (χ1v) is 5.13. The Hall–Kier alpha value is -1.55. The second-order valence-electron chi connectivity index (χ2n) is 3.50. The minimum atomic E-state index is -0.209. The minimum absolute atomic E-state index is 0.209. The van der Waals surface area contributed by atoms with Gasteiger partial charge in [0.05, 0.1) is 12.1 Å². The fraction of sp³-hybridized carbons (Fsp3) is 0.273. The zero-order valence-corrected chi connectivity index (χ0v) is 10.1. The van der Waals surface area contributed by atoms with Crippen LogP contribution < -0.4 is 10.2 Å². The average molecular weight is 240 g/mol. The molecule has 1 aromatic rings. The molecule has 5 heteroatoms. The number of nitrogens with one attached hydrogen (secondary N) is 1. The van der Waals surface area contributed by atoms with Crippen LogP contribution in [0.25, 0.3) is 0 Å². The van der Waals surface area contributed by atoms with E-state index >= 15 is 0 Å². The van der Waals surface area contributed by atoms with Gasteiger partial charge in [0.1, 0.15) is 5.82 Å². The number of rotatable bonds is 4. The molecule has 86 valence electrons. The molecule has 0 aliphatic heterocycles. The zero-order chi connectivity index (χ0) is 12.1. The van der Waals surface area contributed by atoms with Crippen LogP contribution >= 0.6 is 11.6 Å². The van der Waals surface area contributed by atoms with Crippen molar-refractivity contribution in [3.8, 4) is 0 Å². The number of hydrogen-bond acceptors (Lipinski definition) is 3. The highest BCUT2D eigenvalue weighted by molar-refractivity contribution is 6.29. The lowest BCUT2D eigenvalue weighted by atomic mass is 10.2. The Morgan fingerprint density at radius 2 is 2.25 bits per heavy atom. The Balaban J connectivity index is 2.66. The zero-order valence-electron chi connectivity index (χ0n) is 9.33. The first-order valence-electron chi connectivity index (χ1n) is 4.75. The maximum Gasteiger partial charge on any atom is 0.253 e. The third-order valence-electron chi connectivity index (χ3n) is 1.91. The molecule has 1 aromatic heterocycles. The van der Waals surface area contributed by atoms with Gasteiger partial charge in [-0.05, 0) is 12.1 Å². The van der Waals surface area contributed by atoms with E-state index in [1.807, 2.05) is 19.0 Å². The van der Waals surface area contributed by atoms with Gasteiger partial charge in [0.15, 0.2) is 0 Å². The molecule has 0 radical (unpaired) electrons. The number of carbonyl (C=O) groups is 1. The number of aromatic nitrogens is 1. The number of carbonyl (C=O) groups excluding carboxylic acids is 1. The van der Waals surface area contributed by atoms with E-state index in [2.05, 4.69) is 16.9 Å². The molecule has 0 aromatic carbocycles. The van der Waals surface area contributed by atoms with E-state index in [9.17, 15) is 4.79 Å². The summed E-state index contributed by atoms with van der Waals surface area (Å²) in [6.07, 6.45) is 1.53. The lowest BCUT2D eigenvalue weighted by Crippen LogP contribution is -2.24. The molecule has 0 saturated heterocycles. The van der Waals surface area contributed by atoms with Crippen LogP contribution in [0.15, 0.2) is 29.9 Å². The molecule has 1 N–H and O–H groups in total. The van der Waals surface area contributed by atoms with Gasteiger partial charge in [-0.2, -0.15) is 0 Å². The quantitative estimate of drug-likeness (QED) is 0.869. The van der Waals surface area contributed by atoms with Gasteiger partial charge in [-0.3, -0.25) is 4.79 Å². The molecule has 0 saturated carbocycles. The van der Waals surface area contributed by atoms with Crippen LogP contribution in [0.1, 0.15) is 10.4 Å². The maximum absolute atomic E-state index is 11.6. The summed E-state index contributed by atoms with van der Waals surface area (Å²) in [4.78, 5) is 17.6. The van der Waals surface area contributed by atoms with Gasteiger partial charge in [0.25, 0.3) is 5.91 Å². The molecule has 0 atom stereocenters. The highest BCUT2D eigenvalue weighted by Crippen LogP contribution is 2.07. The van der Waals surface area contributed by atoms with Crippen molar-refractivity contribution in [2.24, 2.45) is 0 Å². The largest absolute Gasteiger partial charge is 0.363 e. The second kappa shape index (κ2) is 5.51. The normalized spacial score (nSPS) is 9.69. The van der Waals surface area contributed by atoms with Crippen molar-refractivity contribution in [2.75, 3.05) is 25.5 Å². The molecule has 4 nitrogen and oxygen atoms in total. The van der Waals surface area contributed by atoms with Crippen LogP contribution in [0.5, 0.6) is 0 Å². The van der Waals surface area contributed by atoms with Gasteiger partial charge >= 0.3 is 0 Å². The summed E-state index contributed by atoms with van der Waals surface area (Å²) in [5.41, 5.74) is 0.503. The third-order valence-corrected chi connectivity index (χ3v) is 2.04. The van der Waals surface area contributed by atoms with E-state index in [4.69, 9.17) is 11.6 Å². The fourth-order valence-electron chi connectivity index (χ4n) is 1.06. The number of anilines is 1. The predicted molar refractivity (Wildman–Crippen MR) is 65.9 cm³/mol. The van der Waals surface area contributed by atoms with Crippen LogP contribution in [-0.4, -0.2) is 31.5 Å². The molecule has 1 amide bonds. The number of nitrogens with zero attached hydrogens (tertiary/aromatic N) is 2. The number of pyridine rings is 1. The van der Waals surface area contributed by atoms with Crippen LogP contribution in [0.2, 0.25) is 0 Å². The first-order chi connectivity index (χ1) is 7.50. The molecular formula is C11H14ClN3O. The Bertz CT molecular complexity index is 387. The second-order valence-corrected chi connectivity index (χ2v) is 4.03. The molecule has 0 aliphatic carbocycles. The van der Waals surface area contributed by atoms with E-state index in [1.54, 1.807) is 12.1 Å². The highest BCUT2D eigenvalue weighted by atomic mass is 35.5. The van der Waals surface area contributed by atoms with E-state index in [0.717, 1.165) is 5.82 Å². The Labute approximate surface area is 99.9 Å². The summed E-state index contributed by atoms with van der Waals surface area (Å²) in [5.74, 6) is 0.595. The smallest absolute Gasteiger partial charge is 0.253 e. The van der Waals surface area contributed by atoms with E-state index in [0.29, 0.717) is 10.6 Å². The average Bonchev–Trinajstić information content (AvgIpc) is 2.26. The van der Waals surface area contributed by atoms with Crippen molar-refractivity contribution in [3.05, 3.63) is 35.5 Å². The lowest BCUT2D eigenvalue weighted by molar-refractivity contribution is 0.0957. The van der Waals surface area contributed by atoms with Crippen LogP contribution in [0.3, 0.4) is 0 Å². The first kappa shape index (κ1) is 12.5. The van der Waals surface area contributed by atoms with Gasteiger partial charge in [-0.1, -0.05) is 18.2 Å². The summed E-state index contributed by atoms with van der Waals surface area (Å²) in [5, 5.41) is 3.02. The van der Waals surface area contributed by atoms with E-state index < -0.39 is 0 Å². The molecule has 0 unspecified atom stereocenters. The molecular weight excluding hydrogens is 226 g/mol. The summed E-state index contributed by atoms with van der Waals surface area (Å²) < 4.78 is 0. The topological polar surface area (TPSA) is 45.2 Å². The number of halogens is 1. The number of hydrogen-bond donors (Lipinski definition) is 1. The predicted octanol–water partition coefficient (Wildman–Crippen LogP) is 1.63. The molecule has 1 heterocycles. The minimum Gasteiger partial charge on any atom is -0.363 e. The molecule has 0 aliphatic rings. The fourth-order valence-corrected chi connectivity index (χ4v) is 1.13. The van der Waals surface area contributed by atoms with Gasteiger partial charge in [-0.25, -0.2) is 4.98 Å². The highest BCUT2D eigenvalue weighted by Gasteiger charge is 2.06. The molecule has 1 rings (SSSR count). The van der Waals surface area contributed by atoms with Gasteiger partial charge in [0, 0.05) is 25.3 Å². The third kappa shape index (κ3) is 3.55. The number of amides is 1. The summed E-state index contributed by atoms with van der Waals surface area (Å²) in [6.45, 7) is 3.75. The summed E-state index contributed by atoms with van der Waals surface area (Å²) in [7, 11) is 3.78. The van der Waals surface area contributed by atoms with Crippen molar-refractivity contribution in [1.82, 2.24) is 10.3 Å². The molecule has 0 spiro atoms. The Morgan fingerprint density at radius 1 is 1.56 bits per heavy atom. The van der Waals surface area contributed by atoms with Crippen LogP contribution in [0, 0.1) is 0 Å². The molecule has 16 heavy (non-hydrogen) atoms. The van der Waals surface area contributed by atoms with Gasteiger partial charge < -0.3 is 10.2 Å². The SMILES string of the molecule is C=C(Cl)CNC(=O)c1ccc(N(C)C)nc1. The van der Waals surface area contributed by atoms with Crippen LogP contribution in [-0.2, 0) is 0 Å². The van der Waals surface area contributed by atoms with Gasteiger partial charge in [-0.15, -0.1) is 0 Å². The van der Waals surface area contributed by atoms with E-state index in [1.165, 1.54) is 6.20 Å². The van der Waals surface area contributed by atoms with Crippen molar-refractivity contribution in [3.63, 3.8) is 0 Å². The molecule has 0 bridgehead atoms. The standard InChI is InChI=1S/C11H14ClN3O/c1-8(12)6-14-11(16)9-4-5-10(13-7-9)15(2)3/h4-5,7H,1,6H2,2-3H3,(H,14,16). The maximum atomic E-state index is 11.6. The molecule has 0 fully saturated rings. The van der Waals surface area contributed by atoms with Crippen molar-refractivity contribution in [2.45, 2.75) is 0 Å². The Morgan fingerprint density at radius 3 is 2.69 bits per heavy atom. The van der Waals surface area contributed by atoms with Crippen molar-refractivity contribution >= 4 is 23.3 Å². The van der Waals surface area contributed by atoms with E-state index in [-0.39, 0.29) is 12.5 Å². The lowest BCUT2D eigenvalue weighted by Gasteiger charge is -2.11. The Kier molecular flexibility index (Phi) is 4.31. The van der Waals surface area contributed by atoms with Gasteiger partial charge in [0.2, 0.25) is 0 Å². The van der Waals surface area contributed by atoms with Crippen molar-refractivity contribution < 1.29 is 4.79 Å². The van der Waals surface area contributed by atoms with Crippen molar-refractivity contribution in [1.29, 1.82) is 0 Å². The monoisotopic (exact) mass is 239 g/mol.